The zero-order valence-corrected chi connectivity index (χ0v) is 10.2. The second-order valence-corrected chi connectivity index (χ2v) is 4.16. The van der Waals surface area contributed by atoms with E-state index in [2.05, 4.69) is 15.4 Å². The highest BCUT2D eigenvalue weighted by Gasteiger charge is 2.41. The molecule has 2 atom stereocenters. The van der Waals surface area contributed by atoms with E-state index in [1.54, 1.807) is 0 Å². The van der Waals surface area contributed by atoms with E-state index >= 15 is 0 Å². The lowest BCUT2D eigenvalue weighted by Gasteiger charge is -2.34. The largest absolute Gasteiger partial charge is 0.227 e. The molecule has 0 saturated carbocycles. The van der Waals surface area contributed by atoms with E-state index in [1.807, 2.05) is 0 Å². The number of nitrogens with zero attached hydrogens (tertiary/aromatic N) is 5. The van der Waals surface area contributed by atoms with Crippen molar-refractivity contribution in [2.45, 2.75) is 11.9 Å². The van der Waals surface area contributed by atoms with Gasteiger partial charge in [-0.05, 0) is 23.1 Å². The van der Waals surface area contributed by atoms with Gasteiger partial charge < -0.3 is 0 Å². The van der Waals surface area contributed by atoms with Crippen molar-refractivity contribution in [1.29, 1.82) is 0 Å². The first-order chi connectivity index (χ1) is 8.04. The van der Waals surface area contributed by atoms with E-state index in [1.165, 1.54) is 12.3 Å². The molecule has 0 saturated heterocycles. The summed E-state index contributed by atoms with van der Waals surface area (Å²) in [4.78, 5) is 0. The van der Waals surface area contributed by atoms with E-state index in [9.17, 15) is 8.78 Å². The molecule has 0 fully saturated rings. The summed E-state index contributed by atoms with van der Waals surface area (Å²) in [5.74, 6) is -1.07. The molecule has 5 nitrogen and oxygen atoms in total. The van der Waals surface area contributed by atoms with Crippen molar-refractivity contribution in [3.05, 3.63) is 23.9 Å². The molecular formula is C7H4Cl3F2N5. The van der Waals surface area contributed by atoms with E-state index in [4.69, 9.17) is 35.2 Å². The van der Waals surface area contributed by atoms with Gasteiger partial charge in [0.2, 0.25) is 12.2 Å². The number of alkyl halides is 2. The Balaban J connectivity index is 2.50. The van der Waals surface area contributed by atoms with Gasteiger partial charge in [-0.3, -0.25) is 0 Å². The molecule has 2 heterocycles. The molecule has 1 aliphatic rings. The standard InChI is InChI=1S/C7H4Cl3F2N5/c8-7-16(9)5(11)4(6(12)17(7)10)3-1-2-13-15-14-3/h1-2,5,7H. The Labute approximate surface area is 110 Å². The number of hydrogen-bond acceptors (Lipinski definition) is 5. The highest BCUT2D eigenvalue weighted by atomic mass is 35.5. The van der Waals surface area contributed by atoms with Crippen LogP contribution in [0.3, 0.4) is 0 Å². The maximum atomic E-state index is 13.8. The second-order valence-electron chi connectivity index (χ2n) is 3.01. The third-order valence-electron chi connectivity index (χ3n) is 2.03. The molecule has 10 heteroatoms. The predicted octanol–water partition coefficient (Wildman–Crippen LogP) is 2.25. The predicted molar refractivity (Wildman–Crippen MR) is 57.8 cm³/mol. The number of halogens is 5. The minimum atomic E-state index is -1.99. The fraction of sp³-hybridized carbons (Fsp3) is 0.286. The van der Waals surface area contributed by atoms with Gasteiger partial charge >= 0.3 is 0 Å². The van der Waals surface area contributed by atoms with Gasteiger partial charge in [-0.15, -0.1) is 14.6 Å². The lowest BCUT2D eigenvalue weighted by Crippen LogP contribution is -2.44. The Hall–Kier alpha value is -0.760. The number of aromatic nitrogens is 3. The van der Waals surface area contributed by atoms with E-state index in [-0.39, 0.29) is 5.69 Å². The Morgan fingerprint density at radius 1 is 1.35 bits per heavy atom. The summed E-state index contributed by atoms with van der Waals surface area (Å²) in [5.41, 5.74) is -1.88. The van der Waals surface area contributed by atoms with Crippen molar-refractivity contribution in [2.24, 2.45) is 0 Å². The van der Waals surface area contributed by atoms with Crippen LogP contribution < -0.4 is 0 Å². The van der Waals surface area contributed by atoms with Gasteiger partial charge in [0.05, 0.1) is 11.8 Å². The maximum absolute atomic E-state index is 13.8. The zero-order chi connectivity index (χ0) is 12.6. The van der Waals surface area contributed by atoms with Crippen molar-refractivity contribution in [3.8, 4) is 0 Å². The normalized spacial score (nSPS) is 26.5. The van der Waals surface area contributed by atoms with Crippen LogP contribution in [0.1, 0.15) is 5.69 Å². The molecule has 0 aliphatic carbocycles. The van der Waals surface area contributed by atoms with Gasteiger partial charge in [-0.25, -0.2) is 8.81 Å². The number of hydrogen-bond donors (Lipinski definition) is 0. The van der Waals surface area contributed by atoms with Crippen LogP contribution in [0.15, 0.2) is 18.2 Å². The summed E-state index contributed by atoms with van der Waals surface area (Å²) in [6.45, 7) is 0. The smallest absolute Gasteiger partial charge is 0.216 e. The average molecular weight is 302 g/mol. The second kappa shape index (κ2) is 4.85. The van der Waals surface area contributed by atoms with Crippen LogP contribution in [0.25, 0.3) is 5.57 Å². The molecule has 1 aromatic rings. The first-order valence-corrected chi connectivity index (χ1v) is 5.37. The highest BCUT2D eigenvalue weighted by molar-refractivity contribution is 6.29. The molecule has 0 aromatic carbocycles. The first kappa shape index (κ1) is 12.7. The fourth-order valence-electron chi connectivity index (χ4n) is 1.25. The molecule has 0 bridgehead atoms. The van der Waals surface area contributed by atoms with E-state index < -0.39 is 23.4 Å². The maximum Gasteiger partial charge on any atom is 0.216 e. The molecular weight excluding hydrogens is 298 g/mol. The lowest BCUT2D eigenvalue weighted by atomic mass is 10.1. The van der Waals surface area contributed by atoms with Gasteiger partial charge in [0, 0.05) is 11.8 Å². The highest BCUT2D eigenvalue weighted by Crippen LogP contribution is 2.39. The fourth-order valence-corrected chi connectivity index (χ4v) is 1.85. The Morgan fingerprint density at radius 3 is 2.65 bits per heavy atom. The van der Waals surface area contributed by atoms with E-state index in [0.29, 0.717) is 8.84 Å². The van der Waals surface area contributed by atoms with Crippen LogP contribution in [0, 0.1) is 0 Å². The molecule has 0 radical (unpaired) electrons. The molecule has 2 unspecified atom stereocenters. The molecule has 0 amide bonds. The third-order valence-corrected chi connectivity index (χ3v) is 3.33. The Kier molecular flexibility index (Phi) is 3.62. The zero-order valence-electron chi connectivity index (χ0n) is 7.94. The van der Waals surface area contributed by atoms with Crippen LogP contribution >= 0.6 is 35.2 Å². The monoisotopic (exact) mass is 301 g/mol. The van der Waals surface area contributed by atoms with Crippen LogP contribution in [0.5, 0.6) is 0 Å². The van der Waals surface area contributed by atoms with Crippen molar-refractivity contribution in [1.82, 2.24) is 24.2 Å². The van der Waals surface area contributed by atoms with Crippen LogP contribution in [-0.4, -0.2) is 36.2 Å². The van der Waals surface area contributed by atoms with Crippen LogP contribution in [0.4, 0.5) is 8.78 Å². The Morgan fingerprint density at radius 2 is 2.06 bits per heavy atom. The van der Waals surface area contributed by atoms with Gasteiger partial charge in [0.25, 0.3) is 0 Å². The average Bonchev–Trinajstić information content (AvgIpc) is 2.36. The summed E-state index contributed by atoms with van der Waals surface area (Å²) in [5, 5.41) is 10.2. The minimum Gasteiger partial charge on any atom is -0.227 e. The van der Waals surface area contributed by atoms with Crippen molar-refractivity contribution >= 4 is 40.7 Å². The molecule has 1 aliphatic heterocycles. The van der Waals surface area contributed by atoms with Crippen LogP contribution in [0.2, 0.25) is 0 Å². The van der Waals surface area contributed by atoms with Crippen molar-refractivity contribution < 1.29 is 8.78 Å². The first-order valence-electron chi connectivity index (χ1n) is 4.25. The molecule has 92 valence electrons. The van der Waals surface area contributed by atoms with E-state index in [0.717, 1.165) is 0 Å². The topological polar surface area (TPSA) is 45.2 Å². The van der Waals surface area contributed by atoms with Gasteiger partial charge in [-0.1, -0.05) is 11.6 Å². The minimum absolute atomic E-state index is 0.0649. The van der Waals surface area contributed by atoms with Crippen LogP contribution in [-0.2, 0) is 0 Å². The summed E-state index contributed by atoms with van der Waals surface area (Å²) >= 11 is 16.7. The Bertz CT molecular complexity index is 444. The SMILES string of the molecule is FC1=C(c2ccnnn2)C(F)N(Cl)C(Cl)N1Cl. The summed E-state index contributed by atoms with van der Waals surface area (Å²) < 4.78 is 28.6. The molecule has 0 spiro atoms. The summed E-state index contributed by atoms with van der Waals surface area (Å²) in [6.07, 6.45) is -0.759. The summed E-state index contributed by atoms with van der Waals surface area (Å²) in [6, 6.07) is 1.28. The summed E-state index contributed by atoms with van der Waals surface area (Å²) in [7, 11) is 0. The quantitative estimate of drug-likeness (QED) is 0.452. The number of rotatable bonds is 1. The third kappa shape index (κ3) is 2.15. The molecule has 1 aromatic heterocycles. The molecule has 0 N–H and O–H groups in total. The van der Waals surface area contributed by atoms with Gasteiger partial charge in [0.1, 0.15) is 5.69 Å². The lowest BCUT2D eigenvalue weighted by molar-refractivity contribution is 0.135. The van der Waals surface area contributed by atoms with Crippen molar-refractivity contribution in [2.75, 3.05) is 0 Å². The molecule has 2 rings (SSSR count). The van der Waals surface area contributed by atoms with Gasteiger partial charge in [-0.2, -0.15) is 4.39 Å². The molecule has 17 heavy (non-hydrogen) atoms. The van der Waals surface area contributed by atoms with Gasteiger partial charge in [0.15, 0.2) is 5.62 Å². The van der Waals surface area contributed by atoms with Crippen molar-refractivity contribution in [3.63, 3.8) is 0 Å².